The maximum atomic E-state index is 12.5. The number of halogens is 1. The predicted octanol–water partition coefficient (Wildman–Crippen LogP) is 4.11. The largest absolute Gasteiger partial charge is 0.481 e. The third kappa shape index (κ3) is 5.31. The molecule has 0 amide bonds. The van der Waals surface area contributed by atoms with E-state index < -0.39 is 16.0 Å². The van der Waals surface area contributed by atoms with E-state index in [9.17, 15) is 13.2 Å². The number of benzene rings is 1. The number of sulfonamides is 1. The first-order valence-corrected chi connectivity index (χ1v) is 11.5. The molecule has 8 heteroatoms. The molecule has 1 aliphatic carbocycles. The summed E-state index contributed by atoms with van der Waals surface area (Å²) in [4.78, 5) is 10.8. The van der Waals surface area contributed by atoms with Crippen LogP contribution in [0.4, 0.5) is 0 Å². The first-order valence-electron chi connectivity index (χ1n) is 8.83. The topological polar surface area (TPSA) is 83.5 Å². The molecule has 0 unspecified atom stereocenters. The van der Waals surface area contributed by atoms with Gasteiger partial charge in [0.05, 0.1) is 10.8 Å². The van der Waals surface area contributed by atoms with Crippen molar-refractivity contribution in [2.45, 2.75) is 42.7 Å². The predicted molar refractivity (Wildman–Crippen MR) is 107 cm³/mol. The normalized spacial score (nSPS) is 16.5. The highest BCUT2D eigenvalue weighted by molar-refractivity contribution is 7.91. The molecular weight excluding hydrogens is 406 g/mol. The van der Waals surface area contributed by atoms with Gasteiger partial charge < -0.3 is 5.11 Å². The van der Waals surface area contributed by atoms with Crippen LogP contribution in [-0.2, 0) is 27.7 Å². The van der Waals surface area contributed by atoms with E-state index in [0.29, 0.717) is 10.9 Å². The Labute approximate surface area is 168 Å². The lowest BCUT2D eigenvalue weighted by atomic mass is 9.80. The van der Waals surface area contributed by atoms with E-state index in [1.165, 1.54) is 6.07 Å². The highest BCUT2D eigenvalue weighted by atomic mass is 35.5. The van der Waals surface area contributed by atoms with Crippen LogP contribution in [0.1, 0.15) is 36.8 Å². The van der Waals surface area contributed by atoms with Crippen LogP contribution in [0.3, 0.4) is 0 Å². The van der Waals surface area contributed by atoms with Crippen molar-refractivity contribution in [3.05, 3.63) is 51.9 Å². The minimum absolute atomic E-state index is 0.00853. The molecule has 1 heterocycles. The van der Waals surface area contributed by atoms with Crippen molar-refractivity contribution in [2.75, 3.05) is 6.54 Å². The van der Waals surface area contributed by atoms with Gasteiger partial charge in [-0.15, -0.1) is 11.3 Å². The van der Waals surface area contributed by atoms with Gasteiger partial charge in [0.2, 0.25) is 10.0 Å². The first kappa shape index (κ1) is 20.3. The van der Waals surface area contributed by atoms with Crippen molar-refractivity contribution < 1.29 is 18.3 Å². The lowest BCUT2D eigenvalue weighted by molar-refractivity contribution is -0.136. The zero-order valence-corrected chi connectivity index (χ0v) is 17.2. The van der Waals surface area contributed by atoms with Gasteiger partial charge in [-0.25, -0.2) is 13.1 Å². The van der Waals surface area contributed by atoms with E-state index in [1.54, 1.807) is 6.07 Å². The third-order valence-corrected chi connectivity index (χ3v) is 8.20. The average Bonchev–Trinajstić information content (AvgIpc) is 3.25. The monoisotopic (exact) mass is 427 g/mol. The Hall–Kier alpha value is -1.41. The fourth-order valence-electron chi connectivity index (χ4n) is 3.69. The molecule has 5 nitrogen and oxygen atoms in total. The quantitative estimate of drug-likeness (QED) is 0.664. The molecule has 0 aliphatic heterocycles. The van der Waals surface area contributed by atoms with Crippen molar-refractivity contribution >= 4 is 38.9 Å². The van der Waals surface area contributed by atoms with E-state index in [0.717, 1.165) is 54.6 Å². The van der Waals surface area contributed by atoms with Crippen molar-refractivity contribution in [1.82, 2.24) is 4.72 Å². The fraction of sp³-hybridized carbons (Fsp3) is 0.421. The molecule has 1 aromatic carbocycles. The first-order chi connectivity index (χ1) is 12.8. The van der Waals surface area contributed by atoms with Crippen LogP contribution in [0.5, 0.6) is 0 Å². The number of carbonyl (C=O) groups is 1. The van der Waals surface area contributed by atoms with Crippen molar-refractivity contribution in [3.8, 4) is 0 Å². The van der Waals surface area contributed by atoms with Gasteiger partial charge in [0, 0.05) is 6.54 Å². The second-order valence-corrected chi connectivity index (χ2v) is 10.9. The molecule has 0 atom stereocenters. The van der Waals surface area contributed by atoms with Gasteiger partial charge in [0.25, 0.3) is 0 Å². The van der Waals surface area contributed by atoms with Crippen LogP contribution in [0.25, 0.3) is 0 Å². The van der Waals surface area contributed by atoms with E-state index in [1.807, 2.05) is 24.3 Å². The molecule has 1 fully saturated rings. The van der Waals surface area contributed by atoms with Gasteiger partial charge in [-0.3, -0.25) is 4.79 Å². The molecule has 2 N–H and O–H groups in total. The molecular formula is C19H22ClNO4S2. The standard InChI is InChI=1S/C19H22ClNO4S2/c20-16-7-8-18(26-16)27(24,25)21-13-19(9-1-2-10-19)12-15-5-3-14(4-6-15)11-17(22)23/h3-8,21H,1-2,9-13H2,(H,22,23). The molecule has 27 heavy (non-hydrogen) atoms. The maximum Gasteiger partial charge on any atom is 0.307 e. The van der Waals surface area contributed by atoms with Crippen molar-refractivity contribution in [1.29, 1.82) is 0 Å². The van der Waals surface area contributed by atoms with Crippen molar-refractivity contribution in [3.63, 3.8) is 0 Å². The lowest BCUT2D eigenvalue weighted by Crippen LogP contribution is -2.37. The Kier molecular flexibility index (Phi) is 6.25. The fourth-order valence-corrected chi connectivity index (χ4v) is 6.37. The smallest absolute Gasteiger partial charge is 0.307 e. The van der Waals surface area contributed by atoms with Gasteiger partial charge in [0.1, 0.15) is 4.21 Å². The second-order valence-electron chi connectivity index (χ2n) is 7.15. The van der Waals surface area contributed by atoms with Crippen LogP contribution in [-0.4, -0.2) is 26.0 Å². The van der Waals surface area contributed by atoms with E-state index >= 15 is 0 Å². The SMILES string of the molecule is O=C(O)Cc1ccc(CC2(CNS(=O)(=O)c3ccc(Cl)s3)CCCC2)cc1. The Balaban J connectivity index is 1.69. The molecule has 0 radical (unpaired) electrons. The highest BCUT2D eigenvalue weighted by Crippen LogP contribution is 2.41. The van der Waals surface area contributed by atoms with Crippen molar-refractivity contribution in [2.24, 2.45) is 5.41 Å². The van der Waals surface area contributed by atoms with Gasteiger partial charge in [-0.05, 0) is 47.9 Å². The number of hydrogen-bond donors (Lipinski definition) is 2. The molecule has 1 aliphatic rings. The number of carboxylic acid groups (broad SMARTS) is 1. The minimum Gasteiger partial charge on any atom is -0.481 e. The summed E-state index contributed by atoms with van der Waals surface area (Å²) in [6.45, 7) is 0.391. The summed E-state index contributed by atoms with van der Waals surface area (Å²) in [5.74, 6) is -0.849. The van der Waals surface area contributed by atoms with E-state index in [-0.39, 0.29) is 16.0 Å². The van der Waals surface area contributed by atoms with Gasteiger partial charge >= 0.3 is 5.97 Å². The van der Waals surface area contributed by atoms with Gasteiger partial charge in [0.15, 0.2) is 0 Å². The summed E-state index contributed by atoms with van der Waals surface area (Å²) in [6.07, 6.45) is 4.89. The third-order valence-electron chi connectivity index (χ3n) is 5.07. The van der Waals surface area contributed by atoms with Crippen LogP contribution in [0, 0.1) is 5.41 Å². The Morgan fingerprint density at radius 3 is 2.30 bits per heavy atom. The summed E-state index contributed by atoms with van der Waals surface area (Å²) >= 11 is 6.92. The summed E-state index contributed by atoms with van der Waals surface area (Å²) < 4.78 is 28.5. The second kappa shape index (κ2) is 8.31. The number of hydrogen-bond acceptors (Lipinski definition) is 4. The number of nitrogens with one attached hydrogen (secondary N) is 1. The Morgan fingerprint density at radius 1 is 1.11 bits per heavy atom. The van der Waals surface area contributed by atoms with Gasteiger partial charge in [-0.1, -0.05) is 48.7 Å². The number of carboxylic acids is 1. The number of thiophene rings is 1. The molecule has 146 valence electrons. The number of aliphatic carboxylic acids is 1. The number of rotatable bonds is 8. The van der Waals surface area contributed by atoms with Crippen LogP contribution >= 0.6 is 22.9 Å². The maximum absolute atomic E-state index is 12.5. The van der Waals surface area contributed by atoms with E-state index in [2.05, 4.69) is 4.72 Å². The zero-order chi connectivity index (χ0) is 19.5. The highest BCUT2D eigenvalue weighted by Gasteiger charge is 2.35. The molecule has 1 aromatic heterocycles. The minimum atomic E-state index is -3.56. The lowest BCUT2D eigenvalue weighted by Gasteiger charge is -2.29. The van der Waals surface area contributed by atoms with Crippen LogP contribution < -0.4 is 4.72 Å². The summed E-state index contributed by atoms with van der Waals surface area (Å²) in [7, 11) is -3.56. The summed E-state index contributed by atoms with van der Waals surface area (Å²) in [6, 6.07) is 10.7. The molecule has 0 spiro atoms. The van der Waals surface area contributed by atoms with Crippen LogP contribution in [0.2, 0.25) is 4.34 Å². The molecule has 0 saturated heterocycles. The Bertz CT molecular complexity index is 900. The molecule has 1 saturated carbocycles. The molecule has 3 rings (SSSR count). The van der Waals surface area contributed by atoms with Crippen LogP contribution in [0.15, 0.2) is 40.6 Å². The molecule has 2 aromatic rings. The summed E-state index contributed by atoms with van der Waals surface area (Å²) in [5, 5.41) is 8.88. The Morgan fingerprint density at radius 2 is 1.74 bits per heavy atom. The zero-order valence-electron chi connectivity index (χ0n) is 14.8. The molecule has 0 bridgehead atoms. The van der Waals surface area contributed by atoms with E-state index in [4.69, 9.17) is 16.7 Å². The average molecular weight is 428 g/mol. The van der Waals surface area contributed by atoms with Gasteiger partial charge in [-0.2, -0.15) is 0 Å². The summed E-state index contributed by atoms with van der Waals surface area (Å²) in [5.41, 5.74) is 1.76.